The Labute approximate surface area is 198 Å². The van der Waals surface area contributed by atoms with E-state index in [-0.39, 0.29) is 17.2 Å². The molecule has 2 aromatic carbocycles. The number of methoxy groups -OCH3 is 1. The van der Waals surface area contributed by atoms with Gasteiger partial charge < -0.3 is 9.64 Å². The summed E-state index contributed by atoms with van der Waals surface area (Å²) >= 11 is 1.34. The van der Waals surface area contributed by atoms with Crippen LogP contribution in [0.15, 0.2) is 58.5 Å². The van der Waals surface area contributed by atoms with E-state index < -0.39 is 0 Å². The molecule has 1 aromatic heterocycles. The largest absolute Gasteiger partial charge is 0.495 e. The highest BCUT2D eigenvalue weighted by Gasteiger charge is 2.35. The molecule has 1 aliphatic carbocycles. The van der Waals surface area contributed by atoms with E-state index in [1.165, 1.54) is 37.4 Å². The van der Waals surface area contributed by atoms with Crippen LogP contribution in [0.4, 0.5) is 0 Å². The van der Waals surface area contributed by atoms with Gasteiger partial charge in [-0.1, -0.05) is 48.9 Å². The van der Waals surface area contributed by atoms with Gasteiger partial charge in [-0.3, -0.25) is 14.2 Å². The molecular formula is C26H29N3O3S. The van der Waals surface area contributed by atoms with Gasteiger partial charge in [-0.25, -0.2) is 4.98 Å². The number of likely N-dealkylation sites (tertiary alicyclic amines) is 1. The predicted octanol–water partition coefficient (Wildman–Crippen LogP) is 4.67. The van der Waals surface area contributed by atoms with Crippen LogP contribution in [-0.2, 0) is 4.79 Å². The minimum atomic E-state index is -0.162. The molecule has 1 aliphatic heterocycles. The highest BCUT2D eigenvalue weighted by Crippen LogP contribution is 2.36. The van der Waals surface area contributed by atoms with Crippen LogP contribution in [0.25, 0.3) is 16.6 Å². The maximum absolute atomic E-state index is 13.5. The van der Waals surface area contributed by atoms with Crippen molar-refractivity contribution in [2.75, 3.05) is 19.4 Å². The molecule has 1 saturated heterocycles. The lowest BCUT2D eigenvalue weighted by Gasteiger charge is -2.44. The summed E-state index contributed by atoms with van der Waals surface area (Å²) < 4.78 is 7.11. The number of nitrogens with zero attached hydrogens (tertiary/aromatic N) is 3. The minimum absolute atomic E-state index is 0.144. The van der Waals surface area contributed by atoms with Gasteiger partial charge in [-0.2, -0.15) is 0 Å². The first-order chi connectivity index (χ1) is 16.2. The first kappa shape index (κ1) is 22.0. The first-order valence-corrected chi connectivity index (χ1v) is 12.7. The fourth-order valence-corrected chi connectivity index (χ4v) is 6.27. The van der Waals surface area contributed by atoms with Crippen LogP contribution >= 0.6 is 11.8 Å². The molecule has 6 nitrogen and oxygen atoms in total. The number of benzene rings is 2. The van der Waals surface area contributed by atoms with E-state index in [0.717, 1.165) is 19.4 Å². The highest BCUT2D eigenvalue weighted by molar-refractivity contribution is 7.99. The number of fused-ring (bicyclic) bond motifs is 2. The van der Waals surface area contributed by atoms with E-state index in [9.17, 15) is 9.59 Å². The summed E-state index contributed by atoms with van der Waals surface area (Å²) in [6, 6.07) is 15.1. The second-order valence-corrected chi connectivity index (χ2v) is 9.80. The second-order valence-electron chi connectivity index (χ2n) is 8.85. The summed E-state index contributed by atoms with van der Waals surface area (Å²) in [6.07, 6.45) is 7.16. The number of carbonyl (C=O) groups excluding carboxylic acids is 1. The molecule has 2 fully saturated rings. The van der Waals surface area contributed by atoms with Crippen LogP contribution in [-0.4, -0.2) is 45.8 Å². The Bertz CT molecular complexity index is 1220. The third-order valence-electron chi connectivity index (χ3n) is 6.96. The lowest BCUT2D eigenvalue weighted by molar-refractivity contribution is -0.134. The van der Waals surface area contributed by atoms with Crippen molar-refractivity contribution in [2.24, 2.45) is 5.92 Å². The van der Waals surface area contributed by atoms with E-state index in [4.69, 9.17) is 9.72 Å². The Hall–Kier alpha value is -2.80. The van der Waals surface area contributed by atoms with Gasteiger partial charge in [0.2, 0.25) is 5.91 Å². The van der Waals surface area contributed by atoms with Gasteiger partial charge in [0, 0.05) is 12.6 Å². The Kier molecular flexibility index (Phi) is 6.40. The Morgan fingerprint density at radius 1 is 1.06 bits per heavy atom. The molecule has 1 saturated carbocycles. The molecule has 2 atom stereocenters. The molecule has 7 heteroatoms. The minimum Gasteiger partial charge on any atom is -0.495 e. The van der Waals surface area contributed by atoms with E-state index in [2.05, 4.69) is 4.90 Å². The SMILES string of the molecule is COc1ccccc1-n1c(SCC(=O)N2CCC[C@@H]3CCCC[C@H]32)nc2ccccc2c1=O. The van der Waals surface area contributed by atoms with Crippen molar-refractivity contribution in [1.29, 1.82) is 0 Å². The van der Waals surface area contributed by atoms with Crippen molar-refractivity contribution in [3.63, 3.8) is 0 Å². The fraction of sp³-hybridized carbons (Fsp3) is 0.423. The zero-order chi connectivity index (χ0) is 22.8. The average molecular weight is 464 g/mol. The number of hydrogen-bond donors (Lipinski definition) is 0. The lowest BCUT2D eigenvalue weighted by Crippen LogP contribution is -2.50. The average Bonchev–Trinajstić information content (AvgIpc) is 2.87. The number of para-hydroxylation sites is 3. The molecule has 0 radical (unpaired) electrons. The monoisotopic (exact) mass is 463 g/mol. The van der Waals surface area contributed by atoms with Crippen molar-refractivity contribution in [1.82, 2.24) is 14.5 Å². The molecule has 2 aliphatic rings. The Balaban J connectivity index is 1.48. The first-order valence-electron chi connectivity index (χ1n) is 11.7. The molecule has 0 bridgehead atoms. The highest BCUT2D eigenvalue weighted by atomic mass is 32.2. The Morgan fingerprint density at radius 2 is 1.82 bits per heavy atom. The van der Waals surface area contributed by atoms with E-state index in [1.54, 1.807) is 17.7 Å². The number of hydrogen-bond acceptors (Lipinski definition) is 5. The van der Waals surface area contributed by atoms with Crippen molar-refractivity contribution in [2.45, 2.75) is 49.7 Å². The van der Waals surface area contributed by atoms with Crippen LogP contribution in [0.2, 0.25) is 0 Å². The van der Waals surface area contributed by atoms with Crippen LogP contribution in [0.1, 0.15) is 38.5 Å². The summed E-state index contributed by atoms with van der Waals surface area (Å²) in [5.41, 5.74) is 1.10. The van der Waals surface area contributed by atoms with Gasteiger partial charge in [0.05, 0.1) is 29.5 Å². The van der Waals surface area contributed by atoms with E-state index >= 15 is 0 Å². The number of amides is 1. The Morgan fingerprint density at radius 3 is 2.70 bits per heavy atom. The van der Waals surface area contributed by atoms with Crippen molar-refractivity contribution in [3.8, 4) is 11.4 Å². The molecule has 0 spiro atoms. The molecule has 172 valence electrons. The molecular weight excluding hydrogens is 434 g/mol. The molecule has 2 heterocycles. The van der Waals surface area contributed by atoms with Gasteiger partial charge in [-0.15, -0.1) is 0 Å². The van der Waals surface area contributed by atoms with Crippen LogP contribution in [0.3, 0.4) is 0 Å². The topological polar surface area (TPSA) is 64.4 Å². The summed E-state index contributed by atoms with van der Waals surface area (Å²) in [5, 5.41) is 1.05. The van der Waals surface area contributed by atoms with Crippen LogP contribution in [0, 0.1) is 5.92 Å². The third kappa shape index (κ3) is 4.26. The maximum atomic E-state index is 13.5. The summed E-state index contributed by atoms with van der Waals surface area (Å²) in [5.74, 6) is 1.65. The van der Waals surface area contributed by atoms with Gasteiger partial charge in [0.1, 0.15) is 5.75 Å². The predicted molar refractivity (Wildman–Crippen MR) is 131 cm³/mol. The van der Waals surface area contributed by atoms with Crippen LogP contribution in [0.5, 0.6) is 5.75 Å². The smallest absolute Gasteiger partial charge is 0.266 e. The molecule has 1 amide bonds. The summed E-state index contributed by atoms with van der Waals surface area (Å²) in [7, 11) is 1.59. The molecule has 0 unspecified atom stereocenters. The maximum Gasteiger partial charge on any atom is 0.266 e. The number of carbonyl (C=O) groups is 1. The van der Waals surface area contributed by atoms with Crippen molar-refractivity contribution >= 4 is 28.6 Å². The standard InChI is InChI=1S/C26H29N3O3S/c1-32-23-15-7-6-14-22(23)29-25(31)19-11-3-4-12-20(19)27-26(29)33-17-24(30)28-16-8-10-18-9-2-5-13-21(18)28/h3-4,6-7,11-12,14-15,18,21H,2,5,8-10,13,16-17H2,1H3/t18-,21+/m0/s1. The van der Waals surface area contributed by atoms with Crippen molar-refractivity contribution in [3.05, 3.63) is 58.9 Å². The normalized spacial score (nSPS) is 20.5. The lowest BCUT2D eigenvalue weighted by atomic mass is 9.78. The van der Waals surface area contributed by atoms with Gasteiger partial charge in [-0.05, 0) is 55.9 Å². The number of aromatic nitrogens is 2. The summed E-state index contributed by atoms with van der Waals surface area (Å²) in [6.45, 7) is 0.838. The van der Waals surface area contributed by atoms with E-state index in [1.807, 2.05) is 42.5 Å². The van der Waals surface area contributed by atoms with Gasteiger partial charge >= 0.3 is 0 Å². The zero-order valence-electron chi connectivity index (χ0n) is 18.9. The molecule has 33 heavy (non-hydrogen) atoms. The number of thioether (sulfide) groups is 1. The van der Waals surface area contributed by atoms with Gasteiger partial charge in [0.25, 0.3) is 5.56 Å². The second kappa shape index (κ2) is 9.59. The van der Waals surface area contributed by atoms with Gasteiger partial charge in [0.15, 0.2) is 5.16 Å². The quantitative estimate of drug-likeness (QED) is 0.407. The summed E-state index contributed by atoms with van der Waals surface area (Å²) in [4.78, 5) is 33.7. The van der Waals surface area contributed by atoms with Crippen LogP contribution < -0.4 is 10.3 Å². The fourth-order valence-electron chi connectivity index (χ4n) is 5.38. The van der Waals surface area contributed by atoms with Crippen molar-refractivity contribution < 1.29 is 9.53 Å². The number of rotatable bonds is 5. The third-order valence-corrected chi connectivity index (χ3v) is 7.88. The molecule has 0 N–H and O–H groups in total. The van der Waals surface area contributed by atoms with E-state index in [0.29, 0.717) is 39.5 Å². The number of piperidine rings is 1. The molecule has 3 aromatic rings. The molecule has 5 rings (SSSR count). The zero-order valence-corrected chi connectivity index (χ0v) is 19.7. The number of ether oxygens (including phenoxy) is 1.